The van der Waals surface area contributed by atoms with E-state index < -0.39 is 5.72 Å². The van der Waals surface area contributed by atoms with Gasteiger partial charge in [-0.05, 0) is 73.7 Å². The number of hydrogen-bond acceptors (Lipinski definition) is 3. The number of benzene rings is 3. The molecular weight excluding hydrogens is 404 g/mol. The zero-order valence-electron chi connectivity index (χ0n) is 15.8. The molecule has 0 amide bonds. The summed E-state index contributed by atoms with van der Waals surface area (Å²) >= 11 is 11.9. The van der Waals surface area contributed by atoms with E-state index in [1.54, 1.807) is 0 Å². The fourth-order valence-electron chi connectivity index (χ4n) is 4.02. The molecule has 3 aromatic carbocycles. The first kappa shape index (κ1) is 18.3. The Hall–Kier alpha value is -2.76. The van der Waals surface area contributed by atoms with Gasteiger partial charge in [-0.1, -0.05) is 29.8 Å². The third kappa shape index (κ3) is 3.30. The number of hydrogen-bond donors (Lipinski definition) is 1. The SMILES string of the molecule is CC12CC(NC(=S)N1c1ccc(Oc3ccccc3)cc1)c1cc(Cl)ccc1O2. The van der Waals surface area contributed by atoms with E-state index in [2.05, 4.69) is 12.2 Å². The molecule has 2 aliphatic rings. The summed E-state index contributed by atoms with van der Waals surface area (Å²) in [6.45, 7) is 2.07. The van der Waals surface area contributed by atoms with Gasteiger partial charge in [0, 0.05) is 22.7 Å². The molecule has 0 saturated carbocycles. The molecule has 5 rings (SSSR count). The maximum Gasteiger partial charge on any atom is 0.188 e. The van der Waals surface area contributed by atoms with E-state index in [4.69, 9.17) is 33.3 Å². The predicted molar refractivity (Wildman–Crippen MR) is 119 cm³/mol. The first-order chi connectivity index (χ1) is 14.0. The Kier molecular flexibility index (Phi) is 4.37. The van der Waals surface area contributed by atoms with E-state index in [1.165, 1.54) is 0 Å². The molecule has 1 N–H and O–H groups in total. The lowest BCUT2D eigenvalue weighted by molar-refractivity contribution is 0.0498. The van der Waals surface area contributed by atoms with Gasteiger partial charge in [-0.3, -0.25) is 4.90 Å². The van der Waals surface area contributed by atoms with Gasteiger partial charge in [0.2, 0.25) is 0 Å². The second kappa shape index (κ2) is 6.94. The minimum atomic E-state index is -0.588. The summed E-state index contributed by atoms with van der Waals surface area (Å²) < 4.78 is 12.3. The molecule has 146 valence electrons. The number of fused-ring (bicyclic) bond motifs is 4. The number of para-hydroxylation sites is 1. The maximum absolute atomic E-state index is 6.42. The summed E-state index contributed by atoms with van der Waals surface area (Å²) in [5, 5.41) is 4.77. The van der Waals surface area contributed by atoms with Crippen molar-refractivity contribution >= 4 is 34.6 Å². The number of nitrogens with one attached hydrogen (secondary N) is 1. The Bertz CT molecular complexity index is 1070. The van der Waals surface area contributed by atoms with Crippen LogP contribution in [0.4, 0.5) is 5.69 Å². The molecule has 2 atom stereocenters. The van der Waals surface area contributed by atoms with Crippen molar-refractivity contribution in [3.63, 3.8) is 0 Å². The van der Waals surface area contributed by atoms with Gasteiger partial charge in [0.05, 0.1) is 6.04 Å². The topological polar surface area (TPSA) is 33.7 Å². The summed E-state index contributed by atoms with van der Waals surface area (Å²) in [5.74, 6) is 2.40. The molecule has 0 radical (unpaired) electrons. The fourth-order valence-corrected chi connectivity index (χ4v) is 4.65. The molecule has 29 heavy (non-hydrogen) atoms. The van der Waals surface area contributed by atoms with E-state index in [-0.39, 0.29) is 6.04 Å². The molecule has 6 heteroatoms. The van der Waals surface area contributed by atoms with Crippen LogP contribution in [0, 0.1) is 0 Å². The van der Waals surface area contributed by atoms with Crippen LogP contribution in [-0.4, -0.2) is 10.8 Å². The molecule has 1 fully saturated rings. The van der Waals surface area contributed by atoms with Crippen LogP contribution < -0.4 is 19.7 Å². The number of halogens is 1. The van der Waals surface area contributed by atoms with Crippen LogP contribution >= 0.6 is 23.8 Å². The third-order valence-corrected chi connectivity index (χ3v) is 5.84. The number of anilines is 1. The molecule has 3 aromatic rings. The summed E-state index contributed by atoms with van der Waals surface area (Å²) in [4.78, 5) is 2.03. The average molecular weight is 423 g/mol. The Morgan fingerprint density at radius 1 is 1.07 bits per heavy atom. The molecule has 2 bridgehead atoms. The molecule has 2 unspecified atom stereocenters. The lowest BCUT2D eigenvalue weighted by Crippen LogP contribution is -2.65. The van der Waals surface area contributed by atoms with Crippen molar-refractivity contribution in [2.45, 2.75) is 25.1 Å². The maximum atomic E-state index is 6.42. The fraction of sp³-hybridized carbons (Fsp3) is 0.174. The van der Waals surface area contributed by atoms with Crippen molar-refractivity contribution in [1.82, 2.24) is 5.32 Å². The Morgan fingerprint density at radius 3 is 2.55 bits per heavy atom. The summed E-state index contributed by atoms with van der Waals surface area (Å²) in [6, 6.07) is 23.4. The van der Waals surface area contributed by atoms with Crippen molar-refractivity contribution in [1.29, 1.82) is 0 Å². The van der Waals surface area contributed by atoms with E-state index in [0.29, 0.717) is 10.1 Å². The van der Waals surface area contributed by atoms with E-state index in [0.717, 1.165) is 34.9 Å². The quantitative estimate of drug-likeness (QED) is 0.518. The highest BCUT2D eigenvalue weighted by Crippen LogP contribution is 2.46. The largest absolute Gasteiger partial charge is 0.467 e. The van der Waals surface area contributed by atoms with E-state index in [9.17, 15) is 0 Å². The highest BCUT2D eigenvalue weighted by molar-refractivity contribution is 7.80. The van der Waals surface area contributed by atoms with Gasteiger partial charge in [0.25, 0.3) is 0 Å². The average Bonchev–Trinajstić information content (AvgIpc) is 2.70. The molecule has 2 aliphatic heterocycles. The summed E-state index contributed by atoms with van der Waals surface area (Å²) in [5.41, 5.74) is 1.40. The van der Waals surface area contributed by atoms with Crippen LogP contribution in [0.3, 0.4) is 0 Å². The van der Waals surface area contributed by atoms with Gasteiger partial charge >= 0.3 is 0 Å². The van der Waals surface area contributed by atoms with Crippen molar-refractivity contribution < 1.29 is 9.47 Å². The van der Waals surface area contributed by atoms with Crippen LogP contribution in [0.2, 0.25) is 5.02 Å². The molecular formula is C23H19ClN2O2S. The normalized spacial score (nSPS) is 22.3. The molecule has 0 aromatic heterocycles. The molecule has 2 heterocycles. The van der Waals surface area contributed by atoms with Crippen LogP contribution in [0.1, 0.15) is 24.9 Å². The minimum absolute atomic E-state index is 0.0758. The van der Waals surface area contributed by atoms with Gasteiger partial charge in [0.1, 0.15) is 17.2 Å². The second-order valence-corrected chi connectivity index (χ2v) is 8.23. The van der Waals surface area contributed by atoms with Gasteiger partial charge in [0.15, 0.2) is 10.8 Å². The molecule has 0 spiro atoms. The van der Waals surface area contributed by atoms with E-state index >= 15 is 0 Å². The first-order valence-corrected chi connectivity index (χ1v) is 10.2. The Labute approximate surface area is 180 Å². The number of ether oxygens (including phenoxy) is 2. The first-order valence-electron chi connectivity index (χ1n) is 9.44. The Morgan fingerprint density at radius 2 is 1.79 bits per heavy atom. The van der Waals surface area contributed by atoms with Crippen molar-refractivity contribution in [2.24, 2.45) is 0 Å². The zero-order valence-corrected chi connectivity index (χ0v) is 17.3. The summed E-state index contributed by atoms with van der Waals surface area (Å²) in [6.07, 6.45) is 0.753. The van der Waals surface area contributed by atoms with Crippen molar-refractivity contribution in [3.05, 3.63) is 83.4 Å². The van der Waals surface area contributed by atoms with Gasteiger partial charge in [-0.15, -0.1) is 0 Å². The standard InChI is InChI=1S/C23H19ClN2O2S/c1-23-14-20(19-13-15(24)7-12-21(19)28-23)25-22(29)26(23)16-8-10-18(11-9-16)27-17-5-3-2-4-6-17/h2-13,20H,14H2,1H3,(H,25,29). The van der Waals surface area contributed by atoms with Crippen molar-refractivity contribution in [3.8, 4) is 17.2 Å². The van der Waals surface area contributed by atoms with Crippen LogP contribution in [-0.2, 0) is 0 Å². The van der Waals surface area contributed by atoms with E-state index in [1.807, 2.05) is 77.7 Å². The molecule has 0 aliphatic carbocycles. The summed E-state index contributed by atoms with van der Waals surface area (Å²) in [7, 11) is 0. The highest BCUT2D eigenvalue weighted by Gasteiger charge is 2.48. The highest BCUT2D eigenvalue weighted by atomic mass is 35.5. The lowest BCUT2D eigenvalue weighted by atomic mass is 9.90. The lowest BCUT2D eigenvalue weighted by Gasteiger charge is -2.52. The zero-order chi connectivity index (χ0) is 20.0. The van der Waals surface area contributed by atoms with Gasteiger partial charge in [-0.25, -0.2) is 0 Å². The number of rotatable bonds is 3. The number of nitrogens with zero attached hydrogens (tertiary/aromatic N) is 1. The monoisotopic (exact) mass is 422 g/mol. The van der Waals surface area contributed by atoms with Crippen molar-refractivity contribution in [2.75, 3.05) is 4.90 Å². The van der Waals surface area contributed by atoms with Gasteiger partial charge in [-0.2, -0.15) is 0 Å². The smallest absolute Gasteiger partial charge is 0.188 e. The third-order valence-electron chi connectivity index (χ3n) is 5.31. The molecule has 4 nitrogen and oxygen atoms in total. The van der Waals surface area contributed by atoms with Crippen LogP contribution in [0.25, 0.3) is 0 Å². The van der Waals surface area contributed by atoms with Gasteiger partial charge < -0.3 is 14.8 Å². The molecule has 1 saturated heterocycles. The predicted octanol–water partition coefficient (Wildman–Crippen LogP) is 6.07. The minimum Gasteiger partial charge on any atom is -0.467 e. The number of thiocarbonyl (C=S) groups is 1. The van der Waals surface area contributed by atoms with Crippen LogP contribution in [0.15, 0.2) is 72.8 Å². The second-order valence-electron chi connectivity index (χ2n) is 7.41. The van der Waals surface area contributed by atoms with Crippen LogP contribution in [0.5, 0.6) is 17.2 Å². The Balaban J connectivity index is 1.44.